The van der Waals surface area contributed by atoms with Crippen LogP contribution in [0.3, 0.4) is 0 Å². The Morgan fingerprint density at radius 3 is 2.53 bits per heavy atom. The first-order valence-electron chi connectivity index (χ1n) is 9.13. The summed E-state index contributed by atoms with van der Waals surface area (Å²) in [7, 11) is -0.642. The van der Waals surface area contributed by atoms with Gasteiger partial charge in [0.15, 0.2) is 5.82 Å². The maximum atomic E-state index is 14.8. The molecule has 0 fully saturated rings. The number of thiazole rings is 1. The molecule has 0 unspecified atom stereocenters. The van der Waals surface area contributed by atoms with Gasteiger partial charge in [-0.15, -0.1) is 11.3 Å². The second-order valence-corrected chi connectivity index (χ2v) is 10.3. The normalized spacial score (nSPS) is 11.6. The van der Waals surface area contributed by atoms with Gasteiger partial charge in [0.1, 0.15) is 16.5 Å². The van der Waals surface area contributed by atoms with Crippen molar-refractivity contribution in [1.29, 1.82) is 0 Å². The van der Waals surface area contributed by atoms with Gasteiger partial charge in [0.05, 0.1) is 27.6 Å². The molecule has 0 atom stereocenters. The van der Waals surface area contributed by atoms with Gasteiger partial charge in [0, 0.05) is 36.3 Å². The molecule has 2 N–H and O–H groups in total. The van der Waals surface area contributed by atoms with E-state index in [2.05, 4.69) is 15.6 Å². The van der Waals surface area contributed by atoms with E-state index in [0.717, 1.165) is 23.5 Å². The lowest BCUT2D eigenvalue weighted by molar-refractivity contribution is 0.425. The summed E-state index contributed by atoms with van der Waals surface area (Å²) in [5.74, 6) is -1.58. The summed E-state index contributed by atoms with van der Waals surface area (Å²) < 4.78 is 54.4. The smallest absolute Gasteiger partial charge is 0.282 e. The minimum Gasteiger partial charge on any atom is -0.382 e. The first-order valence-corrected chi connectivity index (χ1v) is 12.2. The zero-order valence-electron chi connectivity index (χ0n) is 16.9. The summed E-state index contributed by atoms with van der Waals surface area (Å²) in [6, 6.07) is 5.89. The predicted molar refractivity (Wildman–Crippen MR) is 126 cm³/mol. The van der Waals surface area contributed by atoms with E-state index in [1.807, 2.05) is 19.0 Å². The van der Waals surface area contributed by atoms with Gasteiger partial charge < -0.3 is 15.5 Å². The molecule has 172 valence electrons. The molecular weight excluding hydrogens is 503 g/mol. The lowest BCUT2D eigenvalue weighted by Crippen LogP contribution is -2.22. The van der Waals surface area contributed by atoms with Crippen molar-refractivity contribution >= 4 is 67.6 Å². The van der Waals surface area contributed by atoms with Crippen molar-refractivity contribution in [3.05, 3.63) is 57.9 Å². The summed E-state index contributed by atoms with van der Waals surface area (Å²) in [5.41, 5.74) is 2.36. The number of likely N-dealkylation sites (N-methyl/N-ethyl adjacent to an activating group) is 1. The Kier molecular flexibility index (Phi) is 7.78. The van der Waals surface area contributed by atoms with E-state index in [1.165, 1.54) is 29.1 Å². The van der Waals surface area contributed by atoms with Crippen molar-refractivity contribution in [2.75, 3.05) is 41.6 Å². The van der Waals surface area contributed by atoms with E-state index in [1.54, 1.807) is 0 Å². The first-order chi connectivity index (χ1) is 15.1. The highest BCUT2D eigenvalue weighted by atomic mass is 35.5. The summed E-state index contributed by atoms with van der Waals surface area (Å²) in [6.07, 6.45) is 0. The molecular formula is C19H19Cl2F2N5O2S2. The van der Waals surface area contributed by atoms with Crippen molar-refractivity contribution in [1.82, 2.24) is 9.88 Å². The van der Waals surface area contributed by atoms with Crippen LogP contribution in [0.5, 0.6) is 0 Å². The van der Waals surface area contributed by atoms with Crippen LogP contribution in [0.2, 0.25) is 5.02 Å². The third-order valence-electron chi connectivity index (χ3n) is 4.24. The standard InChI is InChI=1S/C19H19Cl2F2N5O2S2/c1-27(2)6-5-24-17-7-12(22)3-4-15(17)26-16-9-14(23)18(8-13(16)20)32(29,30)28(21)19-10-31-11-25-19/h3-4,7-11,24,26H,5-6H2,1-2H3. The van der Waals surface area contributed by atoms with E-state index in [9.17, 15) is 17.2 Å². The van der Waals surface area contributed by atoms with Gasteiger partial charge >= 0.3 is 0 Å². The summed E-state index contributed by atoms with van der Waals surface area (Å²) >= 11 is 13.3. The van der Waals surface area contributed by atoms with E-state index in [0.29, 0.717) is 28.3 Å². The summed E-state index contributed by atoms with van der Waals surface area (Å²) in [6.45, 7) is 1.23. The monoisotopic (exact) mass is 521 g/mol. The number of rotatable bonds is 9. The van der Waals surface area contributed by atoms with Crippen LogP contribution in [0.4, 0.5) is 31.7 Å². The lowest BCUT2D eigenvalue weighted by Gasteiger charge is -2.18. The van der Waals surface area contributed by atoms with Crippen LogP contribution in [0.1, 0.15) is 0 Å². The van der Waals surface area contributed by atoms with Crippen LogP contribution in [-0.2, 0) is 10.0 Å². The molecule has 32 heavy (non-hydrogen) atoms. The molecule has 1 aromatic heterocycles. The van der Waals surface area contributed by atoms with Gasteiger partial charge in [-0.05, 0) is 38.4 Å². The largest absolute Gasteiger partial charge is 0.382 e. The minimum atomic E-state index is -4.45. The molecule has 2 aromatic carbocycles. The van der Waals surface area contributed by atoms with E-state index >= 15 is 0 Å². The second kappa shape index (κ2) is 10.2. The predicted octanol–water partition coefficient (Wildman–Crippen LogP) is 5.14. The average Bonchev–Trinajstić information content (AvgIpc) is 3.26. The van der Waals surface area contributed by atoms with Gasteiger partial charge in [-0.2, -0.15) is 12.2 Å². The lowest BCUT2D eigenvalue weighted by atomic mass is 10.2. The van der Waals surface area contributed by atoms with Crippen LogP contribution in [0.15, 0.2) is 46.1 Å². The van der Waals surface area contributed by atoms with Crippen LogP contribution in [0.25, 0.3) is 0 Å². The van der Waals surface area contributed by atoms with Crippen molar-refractivity contribution in [3.8, 4) is 0 Å². The number of hydrogen-bond donors (Lipinski definition) is 2. The number of hydrogen-bond acceptors (Lipinski definition) is 7. The van der Waals surface area contributed by atoms with Gasteiger partial charge in [0.25, 0.3) is 10.0 Å². The van der Waals surface area contributed by atoms with E-state index < -0.39 is 26.6 Å². The Bertz CT molecular complexity index is 1190. The zero-order valence-corrected chi connectivity index (χ0v) is 20.1. The fraction of sp³-hybridized carbons (Fsp3) is 0.211. The molecule has 0 aliphatic carbocycles. The number of aromatic nitrogens is 1. The zero-order chi connectivity index (χ0) is 23.5. The van der Waals surface area contributed by atoms with E-state index in [-0.39, 0.29) is 16.5 Å². The second-order valence-electron chi connectivity index (χ2n) is 6.87. The highest BCUT2D eigenvalue weighted by molar-refractivity contribution is 7.94. The molecule has 3 aromatic rings. The number of halogens is 4. The van der Waals surface area contributed by atoms with Gasteiger partial charge in [-0.25, -0.2) is 13.8 Å². The molecule has 0 aliphatic rings. The quantitative estimate of drug-likeness (QED) is 0.379. The molecule has 0 saturated carbocycles. The number of benzene rings is 2. The van der Waals surface area contributed by atoms with Crippen LogP contribution < -0.4 is 14.5 Å². The third-order valence-corrected chi connectivity index (χ3v) is 7.32. The van der Waals surface area contributed by atoms with Gasteiger partial charge in [-0.1, -0.05) is 11.6 Å². The van der Waals surface area contributed by atoms with Crippen molar-refractivity contribution in [2.24, 2.45) is 0 Å². The van der Waals surface area contributed by atoms with Crippen molar-refractivity contribution < 1.29 is 17.2 Å². The molecule has 0 saturated heterocycles. The minimum absolute atomic E-state index is 0.0610. The topological polar surface area (TPSA) is 77.6 Å². The highest BCUT2D eigenvalue weighted by Crippen LogP contribution is 2.35. The molecule has 3 rings (SSSR count). The third kappa shape index (κ3) is 5.59. The summed E-state index contributed by atoms with van der Waals surface area (Å²) in [5, 5.41) is 7.34. The maximum Gasteiger partial charge on any atom is 0.282 e. The SMILES string of the molecule is CN(C)CCNc1cc(F)ccc1Nc1cc(F)c(S(=O)(=O)N(Cl)c2cscn2)cc1Cl. The highest BCUT2D eigenvalue weighted by Gasteiger charge is 2.29. The van der Waals surface area contributed by atoms with Crippen molar-refractivity contribution in [3.63, 3.8) is 0 Å². The van der Waals surface area contributed by atoms with Crippen LogP contribution in [-0.4, -0.2) is 45.5 Å². The van der Waals surface area contributed by atoms with Crippen LogP contribution >= 0.6 is 34.7 Å². The molecule has 0 amide bonds. The molecule has 7 nitrogen and oxygen atoms in total. The Labute approximate surface area is 198 Å². The number of nitrogens with one attached hydrogen (secondary N) is 2. The number of sulfonamides is 1. The molecule has 1 heterocycles. The molecule has 0 spiro atoms. The van der Waals surface area contributed by atoms with Crippen LogP contribution in [0, 0.1) is 11.6 Å². The summed E-state index contributed by atoms with van der Waals surface area (Å²) in [4.78, 5) is 5.06. The van der Waals surface area contributed by atoms with Gasteiger partial charge in [-0.3, -0.25) is 0 Å². The number of nitrogens with zero attached hydrogens (tertiary/aromatic N) is 3. The molecule has 0 bridgehead atoms. The van der Waals surface area contributed by atoms with Crippen molar-refractivity contribution in [2.45, 2.75) is 4.90 Å². The molecule has 0 aliphatic heterocycles. The fourth-order valence-electron chi connectivity index (χ4n) is 2.66. The van der Waals surface area contributed by atoms with Gasteiger partial charge in [0.2, 0.25) is 0 Å². The molecule has 13 heteroatoms. The Morgan fingerprint density at radius 1 is 1.12 bits per heavy atom. The molecule has 0 radical (unpaired) electrons. The Hall–Kier alpha value is -2.18. The number of anilines is 4. The fourth-order valence-corrected chi connectivity index (χ4v) is 4.98. The Balaban J connectivity index is 1.89. The van der Waals surface area contributed by atoms with E-state index in [4.69, 9.17) is 23.4 Å². The maximum absolute atomic E-state index is 14.8. The Morgan fingerprint density at radius 2 is 1.88 bits per heavy atom. The average molecular weight is 522 g/mol. The first kappa shape index (κ1) is 24.5.